The molecule has 4 rings (SSSR count). The molecule has 0 radical (unpaired) electrons. The van der Waals surface area contributed by atoms with Crippen molar-refractivity contribution in [3.05, 3.63) is 35.9 Å². The molecule has 3 nitrogen and oxygen atoms in total. The lowest BCUT2D eigenvalue weighted by Gasteiger charge is -2.43. The van der Waals surface area contributed by atoms with Crippen molar-refractivity contribution < 1.29 is 4.79 Å². The number of piperidine rings is 1. The summed E-state index contributed by atoms with van der Waals surface area (Å²) < 4.78 is 0. The van der Waals surface area contributed by atoms with Gasteiger partial charge in [-0.25, -0.2) is 0 Å². The number of rotatable bonds is 6. The predicted octanol–water partition coefficient (Wildman–Crippen LogP) is 4.31. The van der Waals surface area contributed by atoms with E-state index in [-0.39, 0.29) is 17.8 Å². The highest BCUT2D eigenvalue weighted by Crippen LogP contribution is 2.58. The minimum absolute atomic E-state index is 0. The van der Waals surface area contributed by atoms with Crippen LogP contribution in [0.4, 0.5) is 0 Å². The third kappa shape index (κ3) is 4.19. The molecule has 0 aromatic heterocycles. The summed E-state index contributed by atoms with van der Waals surface area (Å²) in [5.41, 5.74) is 1.23. The molecule has 3 atom stereocenters. The summed E-state index contributed by atoms with van der Waals surface area (Å²) >= 11 is 0. The van der Waals surface area contributed by atoms with Gasteiger partial charge in [0.2, 0.25) is 5.91 Å². The highest BCUT2D eigenvalue weighted by molar-refractivity contribution is 5.85. The molecule has 3 unspecified atom stereocenters. The average Bonchev–Trinajstić information content (AvgIpc) is 3.29. The fourth-order valence-electron chi connectivity index (χ4n) is 5.96. The summed E-state index contributed by atoms with van der Waals surface area (Å²) in [4.78, 5) is 16.0. The van der Waals surface area contributed by atoms with Crippen molar-refractivity contribution in [2.45, 2.75) is 51.9 Å². The van der Waals surface area contributed by atoms with Crippen molar-refractivity contribution in [2.75, 3.05) is 26.2 Å². The Morgan fingerprint density at radius 1 is 1.15 bits per heavy atom. The largest absolute Gasteiger partial charge is 0.342 e. The lowest BCUT2D eigenvalue weighted by Crippen LogP contribution is -2.51. The summed E-state index contributed by atoms with van der Waals surface area (Å²) in [5.74, 6) is 2.62. The molecule has 1 aliphatic heterocycles. The number of hydrogen-bond acceptors (Lipinski definition) is 2. The molecule has 3 aliphatic rings. The second kappa shape index (κ2) is 8.96. The van der Waals surface area contributed by atoms with Crippen LogP contribution in [0.3, 0.4) is 0 Å². The van der Waals surface area contributed by atoms with E-state index in [1.165, 1.54) is 24.8 Å². The van der Waals surface area contributed by atoms with Crippen LogP contribution < -0.4 is 5.32 Å². The molecule has 3 fully saturated rings. The van der Waals surface area contributed by atoms with Crippen LogP contribution in [0, 0.1) is 23.2 Å². The van der Waals surface area contributed by atoms with Gasteiger partial charge in [0, 0.05) is 13.1 Å². The molecular formula is C23H35ClN2O. The summed E-state index contributed by atoms with van der Waals surface area (Å²) in [5, 5.41) is 3.48. The zero-order valence-corrected chi connectivity index (χ0v) is 17.5. The van der Waals surface area contributed by atoms with Crippen LogP contribution in [0.5, 0.6) is 0 Å². The maximum Gasteiger partial charge on any atom is 0.229 e. The van der Waals surface area contributed by atoms with E-state index in [1.807, 2.05) is 0 Å². The quantitative estimate of drug-likeness (QED) is 0.785. The zero-order valence-electron chi connectivity index (χ0n) is 16.7. The summed E-state index contributed by atoms with van der Waals surface area (Å²) in [6.07, 6.45) is 8.30. The van der Waals surface area contributed by atoms with Gasteiger partial charge in [-0.3, -0.25) is 4.79 Å². The maximum absolute atomic E-state index is 13.7. The molecule has 0 spiro atoms. The highest BCUT2D eigenvalue weighted by atomic mass is 35.5. The van der Waals surface area contributed by atoms with Gasteiger partial charge in [0.1, 0.15) is 0 Å². The molecule has 1 amide bonds. The third-order valence-corrected chi connectivity index (χ3v) is 7.35. The van der Waals surface area contributed by atoms with Gasteiger partial charge >= 0.3 is 0 Å². The van der Waals surface area contributed by atoms with Gasteiger partial charge in [0.25, 0.3) is 0 Å². The van der Waals surface area contributed by atoms with Crippen molar-refractivity contribution in [2.24, 2.45) is 23.2 Å². The second-order valence-electron chi connectivity index (χ2n) is 8.94. The molecule has 1 N–H and O–H groups in total. The molecule has 4 heteroatoms. The van der Waals surface area contributed by atoms with Crippen LogP contribution in [-0.2, 0) is 11.2 Å². The minimum Gasteiger partial charge on any atom is -0.342 e. The average molecular weight is 391 g/mol. The van der Waals surface area contributed by atoms with Gasteiger partial charge in [0.05, 0.1) is 5.41 Å². The first-order valence-electron chi connectivity index (χ1n) is 10.8. The first-order valence-corrected chi connectivity index (χ1v) is 10.8. The molecule has 1 aromatic carbocycles. The Kier molecular flexibility index (Phi) is 6.86. The lowest BCUT2D eigenvalue weighted by molar-refractivity contribution is -0.147. The van der Waals surface area contributed by atoms with Crippen LogP contribution in [0.25, 0.3) is 0 Å². The van der Waals surface area contributed by atoms with E-state index in [0.717, 1.165) is 63.7 Å². The number of carbonyl (C=O) groups is 1. The third-order valence-electron chi connectivity index (χ3n) is 7.35. The Bertz CT molecular complexity index is 614. The van der Waals surface area contributed by atoms with Crippen molar-refractivity contribution in [1.29, 1.82) is 0 Å². The van der Waals surface area contributed by atoms with Crippen molar-refractivity contribution in [3.8, 4) is 0 Å². The van der Waals surface area contributed by atoms with E-state index < -0.39 is 0 Å². The SMILES string of the molecule is CCNCC1CCN(C(=O)C2(Cc3ccccc3)CC3CCC2C3)CC1.Cl. The van der Waals surface area contributed by atoms with E-state index in [1.54, 1.807) is 0 Å². The Morgan fingerprint density at radius 3 is 2.48 bits per heavy atom. The maximum atomic E-state index is 13.7. The number of amides is 1. The molecule has 150 valence electrons. The van der Waals surface area contributed by atoms with E-state index in [9.17, 15) is 4.79 Å². The fraction of sp³-hybridized carbons (Fsp3) is 0.696. The number of benzene rings is 1. The molecule has 1 heterocycles. The smallest absolute Gasteiger partial charge is 0.229 e. The first-order chi connectivity index (χ1) is 12.7. The fourth-order valence-corrected chi connectivity index (χ4v) is 5.96. The van der Waals surface area contributed by atoms with Crippen LogP contribution >= 0.6 is 12.4 Å². The number of likely N-dealkylation sites (tertiary alicyclic amines) is 1. The predicted molar refractivity (Wildman–Crippen MR) is 113 cm³/mol. The second-order valence-corrected chi connectivity index (χ2v) is 8.94. The molecule has 2 bridgehead atoms. The van der Waals surface area contributed by atoms with Gasteiger partial charge in [-0.2, -0.15) is 0 Å². The topological polar surface area (TPSA) is 32.3 Å². The molecule has 27 heavy (non-hydrogen) atoms. The van der Waals surface area contributed by atoms with E-state index >= 15 is 0 Å². The number of hydrogen-bond donors (Lipinski definition) is 1. The van der Waals surface area contributed by atoms with Gasteiger partial charge in [-0.1, -0.05) is 43.7 Å². The van der Waals surface area contributed by atoms with Crippen LogP contribution in [0.15, 0.2) is 30.3 Å². The van der Waals surface area contributed by atoms with Gasteiger partial charge < -0.3 is 10.2 Å². The monoisotopic (exact) mass is 390 g/mol. The summed E-state index contributed by atoms with van der Waals surface area (Å²) in [7, 11) is 0. The number of fused-ring (bicyclic) bond motifs is 2. The highest BCUT2D eigenvalue weighted by Gasteiger charge is 2.56. The Hall–Kier alpha value is -1.06. The van der Waals surface area contributed by atoms with Gasteiger partial charge in [-0.05, 0) is 74.9 Å². The number of nitrogens with one attached hydrogen (secondary N) is 1. The van der Waals surface area contributed by atoms with Crippen LogP contribution in [0.1, 0.15) is 51.0 Å². The molecule has 1 saturated heterocycles. The molecule has 2 aliphatic carbocycles. The lowest BCUT2D eigenvalue weighted by atomic mass is 9.68. The normalized spacial score (nSPS) is 30.3. The van der Waals surface area contributed by atoms with E-state index in [4.69, 9.17) is 0 Å². The summed E-state index contributed by atoms with van der Waals surface area (Å²) in [6, 6.07) is 10.7. The number of nitrogens with zero attached hydrogens (tertiary/aromatic N) is 1. The Morgan fingerprint density at radius 2 is 1.89 bits per heavy atom. The van der Waals surface area contributed by atoms with Crippen LogP contribution in [0.2, 0.25) is 0 Å². The van der Waals surface area contributed by atoms with Crippen molar-refractivity contribution in [1.82, 2.24) is 10.2 Å². The van der Waals surface area contributed by atoms with Crippen molar-refractivity contribution >= 4 is 18.3 Å². The minimum atomic E-state index is -0.112. The molecule has 1 aromatic rings. The zero-order chi connectivity index (χ0) is 18.0. The van der Waals surface area contributed by atoms with Crippen molar-refractivity contribution in [3.63, 3.8) is 0 Å². The standard InChI is InChI=1S/C23H34N2O.ClH/c1-2-24-17-19-10-12-25(13-11-19)22(26)23(15-18-6-4-3-5-7-18)16-20-8-9-21(23)14-20;/h3-7,19-21,24H,2,8-17H2,1H3;1H. The summed E-state index contributed by atoms with van der Waals surface area (Å²) in [6.45, 7) is 6.24. The van der Waals surface area contributed by atoms with E-state index in [2.05, 4.69) is 47.5 Å². The first kappa shape index (κ1) is 20.7. The van der Waals surface area contributed by atoms with Crippen LogP contribution in [-0.4, -0.2) is 37.0 Å². The Balaban J connectivity index is 0.00000210. The number of halogens is 1. The van der Waals surface area contributed by atoms with Gasteiger partial charge in [0.15, 0.2) is 0 Å². The number of carbonyl (C=O) groups excluding carboxylic acids is 1. The Labute approximate surface area is 170 Å². The molecule has 2 saturated carbocycles. The molecular weight excluding hydrogens is 356 g/mol. The van der Waals surface area contributed by atoms with Gasteiger partial charge in [-0.15, -0.1) is 12.4 Å². The van der Waals surface area contributed by atoms with E-state index in [0.29, 0.717) is 11.8 Å².